The second-order valence-electron chi connectivity index (χ2n) is 5.94. The maximum absolute atomic E-state index is 4.74. The van der Waals surface area contributed by atoms with Gasteiger partial charge in [-0.1, -0.05) is 30.3 Å². The number of hydrogen-bond donors (Lipinski definition) is 2. The number of rotatable bonds is 5. The first-order valence-electron chi connectivity index (χ1n) is 8.15. The molecule has 1 aliphatic rings. The first-order valence-corrected chi connectivity index (χ1v) is 8.15. The van der Waals surface area contributed by atoms with Gasteiger partial charge in [0.15, 0.2) is 0 Å². The molecule has 0 amide bonds. The van der Waals surface area contributed by atoms with Crippen molar-refractivity contribution < 1.29 is 0 Å². The molecule has 0 unspecified atom stereocenters. The molecule has 1 aromatic carbocycles. The third-order valence-electron chi connectivity index (χ3n) is 4.14. The first kappa shape index (κ1) is 15.0. The lowest BCUT2D eigenvalue weighted by Gasteiger charge is -2.22. The molecule has 1 fully saturated rings. The molecule has 0 aliphatic carbocycles. The summed E-state index contributed by atoms with van der Waals surface area (Å²) in [5, 5.41) is 6.84. The summed E-state index contributed by atoms with van der Waals surface area (Å²) >= 11 is 0. The minimum absolute atomic E-state index is 0.496. The van der Waals surface area contributed by atoms with E-state index in [0.29, 0.717) is 5.92 Å². The molecule has 1 saturated heterocycles. The smallest absolute Gasteiger partial charge is 0.134 e. The highest BCUT2D eigenvalue weighted by atomic mass is 15.0. The summed E-state index contributed by atoms with van der Waals surface area (Å²) in [7, 11) is 0. The van der Waals surface area contributed by atoms with Gasteiger partial charge in [0.05, 0.1) is 0 Å². The molecule has 0 radical (unpaired) electrons. The van der Waals surface area contributed by atoms with Gasteiger partial charge in [-0.05, 0) is 44.8 Å². The molecular formula is C18H24N4. The first-order chi connectivity index (χ1) is 10.8. The molecule has 0 bridgehead atoms. The second-order valence-corrected chi connectivity index (χ2v) is 5.94. The molecule has 22 heavy (non-hydrogen) atoms. The van der Waals surface area contributed by atoms with E-state index in [-0.39, 0.29) is 0 Å². The molecule has 0 saturated carbocycles. The predicted molar refractivity (Wildman–Crippen MR) is 90.2 cm³/mol. The van der Waals surface area contributed by atoms with Gasteiger partial charge in [0, 0.05) is 24.2 Å². The van der Waals surface area contributed by atoms with Crippen molar-refractivity contribution in [2.45, 2.75) is 32.1 Å². The molecule has 2 heterocycles. The lowest BCUT2D eigenvalue weighted by atomic mass is 9.97. The average Bonchev–Trinajstić information content (AvgIpc) is 2.56. The van der Waals surface area contributed by atoms with Gasteiger partial charge in [-0.2, -0.15) is 0 Å². The van der Waals surface area contributed by atoms with Crippen LogP contribution in [0.4, 0.5) is 5.82 Å². The molecule has 2 aromatic rings. The number of aromatic nitrogens is 2. The molecule has 2 N–H and O–H groups in total. The standard InChI is InChI=1S/C18H24N4/c1-14-13-17(20-12-7-15-5-3-2-4-6-15)22-18(21-14)16-8-10-19-11-9-16/h2-6,13,16,19H,7-12H2,1H3,(H,20,21,22). The number of anilines is 1. The van der Waals surface area contributed by atoms with Gasteiger partial charge in [-0.15, -0.1) is 0 Å². The Bertz CT molecular complexity index is 591. The van der Waals surface area contributed by atoms with Gasteiger partial charge < -0.3 is 10.6 Å². The summed E-state index contributed by atoms with van der Waals surface area (Å²) in [4.78, 5) is 9.38. The zero-order chi connectivity index (χ0) is 15.2. The highest BCUT2D eigenvalue weighted by molar-refractivity contribution is 5.36. The molecule has 4 nitrogen and oxygen atoms in total. The van der Waals surface area contributed by atoms with Crippen LogP contribution in [0.15, 0.2) is 36.4 Å². The monoisotopic (exact) mass is 296 g/mol. The van der Waals surface area contributed by atoms with Crippen molar-refractivity contribution in [2.75, 3.05) is 25.0 Å². The Balaban J connectivity index is 1.62. The Morgan fingerprint density at radius 2 is 1.91 bits per heavy atom. The Morgan fingerprint density at radius 3 is 2.68 bits per heavy atom. The number of nitrogens with one attached hydrogen (secondary N) is 2. The molecule has 116 valence electrons. The summed E-state index contributed by atoms with van der Waals surface area (Å²) in [6.45, 7) is 5.08. The van der Waals surface area contributed by atoms with Gasteiger partial charge in [-0.25, -0.2) is 9.97 Å². The molecule has 0 spiro atoms. The number of nitrogens with zero attached hydrogens (tertiary/aromatic N) is 2. The van der Waals surface area contributed by atoms with E-state index >= 15 is 0 Å². The molecule has 4 heteroatoms. The van der Waals surface area contributed by atoms with Gasteiger partial charge in [0.25, 0.3) is 0 Å². The minimum Gasteiger partial charge on any atom is -0.370 e. The normalized spacial score (nSPS) is 15.7. The maximum Gasteiger partial charge on any atom is 0.134 e. The summed E-state index contributed by atoms with van der Waals surface area (Å²) in [6.07, 6.45) is 3.27. The van der Waals surface area contributed by atoms with Crippen molar-refractivity contribution in [1.82, 2.24) is 15.3 Å². The van der Waals surface area contributed by atoms with Crippen LogP contribution < -0.4 is 10.6 Å². The van der Waals surface area contributed by atoms with Crippen LogP contribution >= 0.6 is 0 Å². The van der Waals surface area contributed by atoms with Crippen LogP contribution in [0.1, 0.15) is 35.8 Å². The SMILES string of the molecule is Cc1cc(NCCc2ccccc2)nc(C2CCNCC2)n1. The topological polar surface area (TPSA) is 49.8 Å². The third-order valence-corrected chi connectivity index (χ3v) is 4.14. The van der Waals surface area contributed by atoms with Crippen LogP contribution in [-0.4, -0.2) is 29.6 Å². The molecule has 3 rings (SSSR count). The summed E-state index contributed by atoms with van der Waals surface area (Å²) in [6, 6.07) is 12.6. The maximum atomic E-state index is 4.74. The summed E-state index contributed by atoms with van der Waals surface area (Å²) < 4.78 is 0. The second kappa shape index (κ2) is 7.36. The number of piperidine rings is 1. The van der Waals surface area contributed by atoms with Crippen LogP contribution in [0.3, 0.4) is 0 Å². The summed E-state index contributed by atoms with van der Waals surface area (Å²) in [5.74, 6) is 2.46. The van der Waals surface area contributed by atoms with Gasteiger partial charge >= 0.3 is 0 Å². The van der Waals surface area contributed by atoms with Crippen LogP contribution in [-0.2, 0) is 6.42 Å². The number of benzene rings is 1. The van der Waals surface area contributed by atoms with Crippen LogP contribution in [0.25, 0.3) is 0 Å². The summed E-state index contributed by atoms with van der Waals surface area (Å²) in [5.41, 5.74) is 2.39. The largest absolute Gasteiger partial charge is 0.370 e. The van der Waals surface area contributed by atoms with Crippen molar-refractivity contribution in [2.24, 2.45) is 0 Å². The van der Waals surface area contributed by atoms with Crippen LogP contribution in [0.2, 0.25) is 0 Å². The fraction of sp³-hybridized carbons (Fsp3) is 0.444. The van der Waals surface area contributed by atoms with Gasteiger partial charge in [-0.3, -0.25) is 0 Å². The lowest BCUT2D eigenvalue weighted by Crippen LogP contribution is -2.27. The van der Waals surface area contributed by atoms with E-state index in [2.05, 4.69) is 52.9 Å². The van der Waals surface area contributed by atoms with E-state index in [4.69, 9.17) is 4.98 Å². The molecule has 0 atom stereocenters. The van der Waals surface area contributed by atoms with E-state index in [0.717, 1.165) is 56.2 Å². The van der Waals surface area contributed by atoms with E-state index in [1.54, 1.807) is 0 Å². The van der Waals surface area contributed by atoms with Crippen molar-refractivity contribution in [3.05, 3.63) is 53.5 Å². The van der Waals surface area contributed by atoms with Crippen molar-refractivity contribution in [1.29, 1.82) is 0 Å². The Labute approximate surface area is 132 Å². The van der Waals surface area contributed by atoms with Crippen LogP contribution in [0.5, 0.6) is 0 Å². The molecular weight excluding hydrogens is 272 g/mol. The molecule has 1 aliphatic heterocycles. The fourth-order valence-corrected chi connectivity index (χ4v) is 2.92. The van der Waals surface area contributed by atoms with E-state index in [1.165, 1.54) is 5.56 Å². The zero-order valence-corrected chi connectivity index (χ0v) is 13.2. The quantitative estimate of drug-likeness (QED) is 0.891. The van der Waals surface area contributed by atoms with E-state index < -0.39 is 0 Å². The lowest BCUT2D eigenvalue weighted by molar-refractivity contribution is 0.444. The Hall–Kier alpha value is -1.94. The highest BCUT2D eigenvalue weighted by Gasteiger charge is 2.18. The van der Waals surface area contributed by atoms with Crippen molar-refractivity contribution in [3.8, 4) is 0 Å². The fourth-order valence-electron chi connectivity index (χ4n) is 2.92. The van der Waals surface area contributed by atoms with Crippen molar-refractivity contribution in [3.63, 3.8) is 0 Å². The highest BCUT2D eigenvalue weighted by Crippen LogP contribution is 2.23. The van der Waals surface area contributed by atoms with Gasteiger partial charge in [0.1, 0.15) is 11.6 Å². The Kier molecular flexibility index (Phi) is 5.01. The van der Waals surface area contributed by atoms with E-state index in [9.17, 15) is 0 Å². The minimum atomic E-state index is 0.496. The van der Waals surface area contributed by atoms with Gasteiger partial charge in [0.2, 0.25) is 0 Å². The van der Waals surface area contributed by atoms with Crippen molar-refractivity contribution >= 4 is 5.82 Å². The number of hydrogen-bond acceptors (Lipinski definition) is 4. The zero-order valence-electron chi connectivity index (χ0n) is 13.2. The molecule has 1 aromatic heterocycles. The third kappa shape index (κ3) is 4.04. The average molecular weight is 296 g/mol. The van der Waals surface area contributed by atoms with E-state index in [1.807, 2.05) is 6.07 Å². The Morgan fingerprint density at radius 1 is 1.14 bits per heavy atom. The van der Waals surface area contributed by atoms with Crippen LogP contribution in [0, 0.1) is 6.92 Å². The number of aryl methyl sites for hydroxylation is 1. The predicted octanol–water partition coefficient (Wildman–Crippen LogP) is 2.91.